The summed E-state index contributed by atoms with van der Waals surface area (Å²) in [6.07, 6.45) is 3.79. The molecule has 1 heterocycles. The van der Waals surface area contributed by atoms with Gasteiger partial charge >= 0.3 is 0 Å². The number of carbonyl (C=O) groups is 1. The van der Waals surface area contributed by atoms with E-state index in [1.54, 1.807) is 20.3 Å². The highest BCUT2D eigenvalue weighted by Crippen LogP contribution is 2.38. The van der Waals surface area contributed by atoms with E-state index in [2.05, 4.69) is 16.8 Å². The Morgan fingerprint density at radius 3 is 2.95 bits per heavy atom. The average Bonchev–Trinajstić information content (AvgIpc) is 3.00. The summed E-state index contributed by atoms with van der Waals surface area (Å²) in [5.41, 5.74) is 1.11. The summed E-state index contributed by atoms with van der Waals surface area (Å²) in [6.45, 7) is 5.43. The van der Waals surface area contributed by atoms with E-state index in [9.17, 15) is 4.79 Å². The first-order chi connectivity index (χ1) is 10.7. The maximum atomic E-state index is 11.9. The normalized spacial score (nSPS) is 18.0. The number of ether oxygens (including phenoxy) is 2. The molecule has 1 fully saturated rings. The topological polar surface area (TPSA) is 50.8 Å². The van der Waals surface area contributed by atoms with Crippen LogP contribution in [0.15, 0.2) is 30.9 Å². The lowest BCUT2D eigenvalue weighted by Gasteiger charge is -2.25. The number of methoxy groups -OCH3 is 2. The van der Waals surface area contributed by atoms with Crippen molar-refractivity contribution in [3.63, 3.8) is 0 Å². The van der Waals surface area contributed by atoms with Gasteiger partial charge in [0.1, 0.15) is 11.5 Å². The van der Waals surface area contributed by atoms with E-state index in [0.29, 0.717) is 13.1 Å². The number of hydrogen-bond acceptors (Lipinski definition) is 4. The van der Waals surface area contributed by atoms with Gasteiger partial charge in [-0.1, -0.05) is 12.1 Å². The van der Waals surface area contributed by atoms with Crippen molar-refractivity contribution >= 4 is 5.91 Å². The molecule has 120 valence electrons. The van der Waals surface area contributed by atoms with Crippen molar-refractivity contribution in [2.75, 3.05) is 33.9 Å². The Balaban J connectivity index is 2.13. The standard InChI is InChI=1S/C17H24N2O3/c1-4-9-18-17(20)12-19-10-5-6-15(19)14-8-7-13(21-2)11-16(14)22-3/h4,7-8,11,15H,1,5-6,9-10,12H2,2-3H3,(H,18,20)/t15-/m1/s1. The Labute approximate surface area is 131 Å². The highest BCUT2D eigenvalue weighted by Gasteiger charge is 2.29. The molecular weight excluding hydrogens is 280 g/mol. The summed E-state index contributed by atoms with van der Waals surface area (Å²) < 4.78 is 10.7. The molecule has 0 aliphatic carbocycles. The average molecular weight is 304 g/mol. The van der Waals surface area contributed by atoms with Gasteiger partial charge in [0.05, 0.1) is 20.8 Å². The molecule has 0 unspecified atom stereocenters. The molecule has 0 aromatic heterocycles. The number of carbonyl (C=O) groups excluding carboxylic acids is 1. The molecule has 1 aliphatic heterocycles. The van der Waals surface area contributed by atoms with Crippen molar-refractivity contribution in [1.29, 1.82) is 0 Å². The molecule has 5 nitrogen and oxygen atoms in total. The number of amides is 1. The second-order valence-electron chi connectivity index (χ2n) is 5.33. The van der Waals surface area contributed by atoms with Crippen LogP contribution in [0.1, 0.15) is 24.4 Å². The molecule has 1 aromatic carbocycles. The molecule has 2 rings (SSSR count). The van der Waals surface area contributed by atoms with Crippen LogP contribution in [0.5, 0.6) is 11.5 Å². The SMILES string of the molecule is C=CCNC(=O)CN1CCC[C@@H]1c1ccc(OC)cc1OC. The molecule has 0 saturated carbocycles. The first kappa shape index (κ1) is 16.4. The fourth-order valence-corrected chi connectivity index (χ4v) is 2.89. The van der Waals surface area contributed by atoms with Gasteiger partial charge < -0.3 is 14.8 Å². The van der Waals surface area contributed by atoms with Gasteiger partial charge in [-0.25, -0.2) is 0 Å². The van der Waals surface area contributed by atoms with Crippen LogP contribution in [-0.2, 0) is 4.79 Å². The van der Waals surface area contributed by atoms with Crippen LogP contribution >= 0.6 is 0 Å². The zero-order valence-electron chi connectivity index (χ0n) is 13.3. The highest BCUT2D eigenvalue weighted by molar-refractivity contribution is 5.78. The van der Waals surface area contributed by atoms with Crippen LogP contribution in [0.3, 0.4) is 0 Å². The van der Waals surface area contributed by atoms with E-state index < -0.39 is 0 Å². The van der Waals surface area contributed by atoms with Crippen molar-refractivity contribution in [3.8, 4) is 11.5 Å². The fourth-order valence-electron chi connectivity index (χ4n) is 2.89. The van der Waals surface area contributed by atoms with Crippen LogP contribution < -0.4 is 14.8 Å². The lowest BCUT2D eigenvalue weighted by molar-refractivity contribution is -0.122. The van der Waals surface area contributed by atoms with E-state index in [1.807, 2.05) is 18.2 Å². The summed E-state index contributed by atoms with van der Waals surface area (Å²) in [7, 11) is 3.30. The second kappa shape index (κ2) is 7.84. The molecular formula is C17H24N2O3. The molecule has 1 atom stereocenters. The maximum absolute atomic E-state index is 11.9. The monoisotopic (exact) mass is 304 g/mol. The van der Waals surface area contributed by atoms with Gasteiger partial charge in [0.25, 0.3) is 0 Å². The molecule has 1 saturated heterocycles. The predicted molar refractivity (Wildman–Crippen MR) is 86.3 cm³/mol. The molecule has 1 aliphatic rings. The minimum absolute atomic E-state index is 0.0271. The van der Waals surface area contributed by atoms with Crippen molar-refractivity contribution < 1.29 is 14.3 Å². The van der Waals surface area contributed by atoms with Crippen molar-refractivity contribution in [2.24, 2.45) is 0 Å². The number of nitrogens with zero attached hydrogens (tertiary/aromatic N) is 1. The van der Waals surface area contributed by atoms with Crippen LogP contribution in [0.2, 0.25) is 0 Å². The molecule has 1 aromatic rings. The van der Waals surface area contributed by atoms with Crippen LogP contribution in [0.25, 0.3) is 0 Å². The molecule has 0 radical (unpaired) electrons. The third kappa shape index (κ3) is 3.80. The Morgan fingerprint density at radius 2 is 2.27 bits per heavy atom. The minimum atomic E-state index is 0.0271. The van der Waals surface area contributed by atoms with Gasteiger partial charge in [-0.3, -0.25) is 9.69 Å². The number of benzene rings is 1. The Hall–Kier alpha value is -2.01. The summed E-state index contributed by atoms with van der Waals surface area (Å²) in [5.74, 6) is 1.61. The van der Waals surface area contributed by atoms with Gasteiger partial charge in [-0.2, -0.15) is 0 Å². The zero-order valence-corrected chi connectivity index (χ0v) is 13.3. The second-order valence-corrected chi connectivity index (χ2v) is 5.33. The lowest BCUT2D eigenvalue weighted by Crippen LogP contribution is -2.37. The summed E-state index contributed by atoms with van der Waals surface area (Å²) in [4.78, 5) is 14.1. The first-order valence-corrected chi connectivity index (χ1v) is 7.53. The third-order valence-corrected chi connectivity index (χ3v) is 3.95. The summed E-state index contributed by atoms with van der Waals surface area (Å²) in [5, 5.41) is 2.83. The van der Waals surface area contributed by atoms with E-state index >= 15 is 0 Å². The number of rotatable bonds is 7. The minimum Gasteiger partial charge on any atom is -0.497 e. The van der Waals surface area contributed by atoms with E-state index in [4.69, 9.17) is 9.47 Å². The van der Waals surface area contributed by atoms with Crippen LogP contribution in [-0.4, -0.2) is 44.7 Å². The zero-order chi connectivity index (χ0) is 15.9. The predicted octanol–water partition coefficient (Wildman–Crippen LogP) is 2.14. The molecule has 1 amide bonds. The van der Waals surface area contributed by atoms with Crippen LogP contribution in [0, 0.1) is 0 Å². The molecule has 0 bridgehead atoms. The van der Waals surface area contributed by atoms with Gasteiger partial charge in [0, 0.05) is 24.2 Å². The number of hydrogen-bond donors (Lipinski definition) is 1. The Morgan fingerprint density at radius 1 is 1.45 bits per heavy atom. The van der Waals surface area contributed by atoms with E-state index in [1.165, 1.54) is 0 Å². The van der Waals surface area contributed by atoms with E-state index in [-0.39, 0.29) is 11.9 Å². The van der Waals surface area contributed by atoms with Crippen LogP contribution in [0.4, 0.5) is 0 Å². The highest BCUT2D eigenvalue weighted by atomic mass is 16.5. The van der Waals surface area contributed by atoms with Gasteiger partial charge in [0.15, 0.2) is 0 Å². The van der Waals surface area contributed by atoms with Crippen molar-refractivity contribution in [1.82, 2.24) is 10.2 Å². The Kier molecular flexibility index (Phi) is 5.83. The molecule has 0 spiro atoms. The lowest BCUT2D eigenvalue weighted by atomic mass is 10.0. The quantitative estimate of drug-likeness (QED) is 0.784. The van der Waals surface area contributed by atoms with Gasteiger partial charge in [-0.15, -0.1) is 6.58 Å². The van der Waals surface area contributed by atoms with Gasteiger partial charge in [-0.05, 0) is 25.5 Å². The third-order valence-electron chi connectivity index (χ3n) is 3.95. The molecule has 5 heteroatoms. The van der Waals surface area contributed by atoms with Gasteiger partial charge in [0.2, 0.25) is 5.91 Å². The first-order valence-electron chi connectivity index (χ1n) is 7.53. The van der Waals surface area contributed by atoms with Crippen molar-refractivity contribution in [2.45, 2.75) is 18.9 Å². The maximum Gasteiger partial charge on any atom is 0.234 e. The number of nitrogens with one attached hydrogen (secondary N) is 1. The smallest absolute Gasteiger partial charge is 0.234 e. The molecule has 1 N–H and O–H groups in total. The van der Waals surface area contributed by atoms with Crippen molar-refractivity contribution in [3.05, 3.63) is 36.4 Å². The van der Waals surface area contributed by atoms with E-state index in [0.717, 1.165) is 36.4 Å². The fraction of sp³-hybridized carbons (Fsp3) is 0.471. The largest absolute Gasteiger partial charge is 0.497 e. The Bertz CT molecular complexity index is 531. The summed E-state index contributed by atoms with van der Waals surface area (Å²) >= 11 is 0. The number of likely N-dealkylation sites (tertiary alicyclic amines) is 1. The summed E-state index contributed by atoms with van der Waals surface area (Å²) in [6, 6.07) is 6.06. The molecule has 22 heavy (non-hydrogen) atoms.